The minimum absolute atomic E-state index is 0.214. The molecule has 3 rings (SSSR count). The van der Waals surface area contributed by atoms with Gasteiger partial charge in [-0.25, -0.2) is 4.98 Å². The van der Waals surface area contributed by atoms with Gasteiger partial charge in [0, 0.05) is 6.54 Å². The minimum atomic E-state index is -1.13. The molecule has 0 radical (unpaired) electrons. The van der Waals surface area contributed by atoms with Crippen LogP contribution in [0.5, 0.6) is 5.75 Å². The van der Waals surface area contributed by atoms with E-state index in [2.05, 4.69) is 29.0 Å². The smallest absolute Gasteiger partial charge is 0.322 e. The van der Waals surface area contributed by atoms with Gasteiger partial charge in [-0.3, -0.25) is 9.59 Å². The Balaban J connectivity index is 1.91. The maximum Gasteiger partial charge on any atom is 0.322 e. The van der Waals surface area contributed by atoms with E-state index in [1.807, 2.05) is 47.9 Å². The SMILES string of the molecule is C=C/C=C(\C=C/C)c1ccc(Cn2cnc3c(C(=O)NCC(=O)O)c(OC)ccc32)cc1. The second kappa shape index (κ2) is 10.3. The van der Waals surface area contributed by atoms with Gasteiger partial charge in [-0.2, -0.15) is 0 Å². The number of hydrogen-bond donors (Lipinski definition) is 2. The normalized spacial score (nSPS) is 11.6. The lowest BCUT2D eigenvalue weighted by molar-refractivity contribution is -0.135. The molecule has 164 valence electrons. The number of imidazole rings is 1. The van der Waals surface area contributed by atoms with Crippen molar-refractivity contribution in [2.45, 2.75) is 13.5 Å². The number of aliphatic carboxylic acids is 1. The van der Waals surface area contributed by atoms with Crippen LogP contribution in [0, 0.1) is 0 Å². The van der Waals surface area contributed by atoms with Crippen LogP contribution in [-0.4, -0.2) is 40.2 Å². The van der Waals surface area contributed by atoms with Crippen LogP contribution in [0.4, 0.5) is 0 Å². The number of benzene rings is 2. The van der Waals surface area contributed by atoms with Gasteiger partial charge < -0.3 is 19.7 Å². The van der Waals surface area contributed by atoms with Gasteiger partial charge in [-0.1, -0.05) is 55.1 Å². The molecule has 7 nitrogen and oxygen atoms in total. The van der Waals surface area contributed by atoms with Crippen molar-refractivity contribution in [2.24, 2.45) is 0 Å². The van der Waals surface area contributed by atoms with Crippen molar-refractivity contribution in [3.63, 3.8) is 0 Å². The molecule has 1 heterocycles. The molecular weight excluding hydrogens is 406 g/mol. The third kappa shape index (κ3) is 4.95. The lowest BCUT2D eigenvalue weighted by atomic mass is 10.0. The predicted octanol–water partition coefficient (Wildman–Crippen LogP) is 4.05. The van der Waals surface area contributed by atoms with Crippen LogP contribution in [0.2, 0.25) is 0 Å². The third-order valence-electron chi connectivity index (χ3n) is 4.89. The molecule has 1 amide bonds. The van der Waals surface area contributed by atoms with Crippen molar-refractivity contribution in [1.82, 2.24) is 14.9 Å². The lowest BCUT2D eigenvalue weighted by Gasteiger charge is -2.11. The maximum absolute atomic E-state index is 12.6. The Bertz CT molecular complexity index is 1200. The van der Waals surface area contributed by atoms with Crippen molar-refractivity contribution in [2.75, 3.05) is 13.7 Å². The molecule has 2 aromatic carbocycles. The zero-order valence-electron chi connectivity index (χ0n) is 18.0. The first-order valence-electron chi connectivity index (χ1n) is 10.0. The van der Waals surface area contributed by atoms with Gasteiger partial charge in [-0.05, 0) is 35.8 Å². The van der Waals surface area contributed by atoms with Gasteiger partial charge in [-0.15, -0.1) is 0 Å². The molecule has 3 aromatic rings. The Labute approximate surface area is 186 Å². The summed E-state index contributed by atoms with van der Waals surface area (Å²) in [4.78, 5) is 27.8. The molecule has 0 saturated heterocycles. The topological polar surface area (TPSA) is 93.5 Å². The van der Waals surface area contributed by atoms with E-state index in [1.165, 1.54) is 7.11 Å². The Morgan fingerprint density at radius 1 is 1.22 bits per heavy atom. The highest BCUT2D eigenvalue weighted by Gasteiger charge is 2.20. The minimum Gasteiger partial charge on any atom is -0.496 e. The predicted molar refractivity (Wildman–Crippen MR) is 125 cm³/mol. The second-order valence-corrected chi connectivity index (χ2v) is 7.01. The number of allylic oxidation sites excluding steroid dienone is 5. The number of amides is 1. The molecule has 0 fully saturated rings. The molecule has 2 N–H and O–H groups in total. The van der Waals surface area contributed by atoms with Crippen LogP contribution < -0.4 is 10.1 Å². The molecule has 0 atom stereocenters. The fourth-order valence-corrected chi connectivity index (χ4v) is 3.43. The first-order valence-corrected chi connectivity index (χ1v) is 10.0. The summed E-state index contributed by atoms with van der Waals surface area (Å²) in [6.45, 7) is 5.82. The highest BCUT2D eigenvalue weighted by atomic mass is 16.5. The number of nitrogens with zero attached hydrogens (tertiary/aromatic N) is 2. The number of carboxylic acid groups (broad SMARTS) is 1. The van der Waals surface area contributed by atoms with Crippen LogP contribution in [0.1, 0.15) is 28.4 Å². The van der Waals surface area contributed by atoms with E-state index in [0.717, 1.165) is 22.2 Å². The lowest BCUT2D eigenvalue weighted by Crippen LogP contribution is -2.29. The van der Waals surface area contributed by atoms with Crippen molar-refractivity contribution in [3.05, 3.63) is 90.3 Å². The monoisotopic (exact) mass is 431 g/mol. The van der Waals surface area contributed by atoms with Gasteiger partial charge in [0.1, 0.15) is 23.4 Å². The number of ether oxygens (including phenoxy) is 1. The number of nitrogens with one attached hydrogen (secondary N) is 1. The van der Waals surface area contributed by atoms with Gasteiger partial charge in [0.2, 0.25) is 0 Å². The average Bonchev–Trinajstić information content (AvgIpc) is 3.19. The summed E-state index contributed by atoms with van der Waals surface area (Å²) in [7, 11) is 1.45. The summed E-state index contributed by atoms with van der Waals surface area (Å²) in [6, 6.07) is 11.7. The summed E-state index contributed by atoms with van der Waals surface area (Å²) in [5, 5.41) is 11.2. The Kier molecular flexibility index (Phi) is 7.23. The molecule has 0 spiro atoms. The molecule has 7 heteroatoms. The standard InChI is InChI=1S/C25H25N3O4/c1-4-6-18(7-5-2)19-10-8-17(9-11-19)15-28-16-27-24-20(28)12-13-21(32-3)23(24)25(31)26-14-22(29)30/h4-13,16H,1,14-15H2,2-3H3,(H,26,31)(H,29,30)/b7-5-,18-6+. The van der Waals surface area contributed by atoms with Crippen LogP contribution >= 0.6 is 0 Å². The van der Waals surface area contributed by atoms with Gasteiger partial charge >= 0.3 is 5.97 Å². The molecule has 0 saturated carbocycles. The van der Waals surface area contributed by atoms with E-state index < -0.39 is 18.4 Å². The largest absolute Gasteiger partial charge is 0.496 e. The number of hydrogen-bond acceptors (Lipinski definition) is 4. The third-order valence-corrected chi connectivity index (χ3v) is 4.89. The second-order valence-electron chi connectivity index (χ2n) is 7.01. The summed E-state index contributed by atoms with van der Waals surface area (Å²) < 4.78 is 7.24. The van der Waals surface area contributed by atoms with Crippen molar-refractivity contribution < 1.29 is 19.4 Å². The highest BCUT2D eigenvalue weighted by Crippen LogP contribution is 2.28. The van der Waals surface area contributed by atoms with Crippen molar-refractivity contribution in [3.8, 4) is 5.75 Å². The van der Waals surface area contributed by atoms with E-state index in [0.29, 0.717) is 17.8 Å². The van der Waals surface area contributed by atoms with Crippen LogP contribution in [0.25, 0.3) is 16.6 Å². The molecule has 0 aliphatic heterocycles. The number of carbonyl (C=O) groups excluding carboxylic acids is 1. The molecule has 0 aliphatic carbocycles. The Hall–Kier alpha value is -4.13. The molecule has 32 heavy (non-hydrogen) atoms. The van der Waals surface area contributed by atoms with Crippen molar-refractivity contribution in [1.29, 1.82) is 0 Å². The number of rotatable bonds is 9. The first kappa shape index (κ1) is 22.6. The van der Waals surface area contributed by atoms with E-state index in [-0.39, 0.29) is 5.56 Å². The van der Waals surface area contributed by atoms with E-state index in [1.54, 1.807) is 18.5 Å². The van der Waals surface area contributed by atoms with E-state index >= 15 is 0 Å². The molecule has 1 aromatic heterocycles. The number of carboxylic acids is 1. The van der Waals surface area contributed by atoms with Crippen LogP contribution in [-0.2, 0) is 11.3 Å². The molecular formula is C25H25N3O4. The molecule has 0 bridgehead atoms. The van der Waals surface area contributed by atoms with Gasteiger partial charge in [0.05, 0.1) is 19.0 Å². The quantitative estimate of drug-likeness (QED) is 0.499. The van der Waals surface area contributed by atoms with Gasteiger partial charge in [0.25, 0.3) is 5.91 Å². The molecule has 0 unspecified atom stereocenters. The zero-order chi connectivity index (χ0) is 23.1. The van der Waals surface area contributed by atoms with E-state index in [4.69, 9.17) is 9.84 Å². The fourth-order valence-electron chi connectivity index (χ4n) is 3.43. The maximum atomic E-state index is 12.6. The number of aromatic nitrogens is 2. The van der Waals surface area contributed by atoms with Crippen LogP contribution in [0.15, 0.2) is 73.6 Å². The Morgan fingerprint density at radius 3 is 2.59 bits per heavy atom. The highest BCUT2D eigenvalue weighted by molar-refractivity contribution is 6.08. The number of carbonyl (C=O) groups is 2. The fraction of sp³-hybridized carbons (Fsp3) is 0.160. The summed E-state index contributed by atoms with van der Waals surface area (Å²) >= 11 is 0. The van der Waals surface area contributed by atoms with E-state index in [9.17, 15) is 9.59 Å². The first-order chi connectivity index (χ1) is 15.5. The average molecular weight is 431 g/mol. The molecule has 0 aliphatic rings. The van der Waals surface area contributed by atoms with Crippen molar-refractivity contribution >= 4 is 28.5 Å². The summed E-state index contributed by atoms with van der Waals surface area (Å²) in [5.74, 6) is -1.34. The zero-order valence-corrected chi connectivity index (χ0v) is 18.0. The Morgan fingerprint density at radius 2 is 1.97 bits per heavy atom. The number of fused-ring (bicyclic) bond motifs is 1. The van der Waals surface area contributed by atoms with Crippen LogP contribution in [0.3, 0.4) is 0 Å². The van der Waals surface area contributed by atoms with Gasteiger partial charge in [0.15, 0.2) is 0 Å². The number of methoxy groups -OCH3 is 1. The summed E-state index contributed by atoms with van der Waals surface area (Å²) in [5.41, 5.74) is 4.64. The summed E-state index contributed by atoms with van der Waals surface area (Å²) in [6.07, 6.45) is 9.40.